The molecule has 0 amide bonds. The number of halogens is 1. The van der Waals surface area contributed by atoms with Crippen molar-refractivity contribution in [2.75, 3.05) is 38.6 Å². The minimum Gasteiger partial charge on any atom is -0.365 e. The zero-order valence-corrected chi connectivity index (χ0v) is 11.2. The van der Waals surface area contributed by atoms with Gasteiger partial charge in [-0.2, -0.15) is 0 Å². The van der Waals surface area contributed by atoms with Crippen LogP contribution in [0, 0.1) is 16.0 Å². The predicted octanol–water partition coefficient (Wildman–Crippen LogP) is 2.25. The maximum Gasteiger partial charge on any atom is 0.294 e. The Morgan fingerprint density at radius 2 is 2.17 bits per heavy atom. The molecule has 1 fully saturated rings. The van der Waals surface area contributed by atoms with Crippen molar-refractivity contribution in [2.24, 2.45) is 5.92 Å². The van der Waals surface area contributed by atoms with Gasteiger partial charge < -0.3 is 9.80 Å². The lowest BCUT2D eigenvalue weighted by Gasteiger charge is -2.41. The number of nitro benzene ring substituents is 1. The third-order valence-corrected chi connectivity index (χ3v) is 3.29. The lowest BCUT2D eigenvalue weighted by molar-refractivity contribution is -0.384. The highest BCUT2D eigenvalue weighted by Gasteiger charge is 2.31. The Balaban J connectivity index is 2.09. The van der Waals surface area contributed by atoms with E-state index in [1.807, 2.05) is 19.0 Å². The molecule has 2 rings (SSSR count). The molecule has 1 heterocycles. The molecular formula is C12H16ClN3O2. The number of hydrogen-bond acceptors (Lipinski definition) is 4. The number of anilines is 1. The highest BCUT2D eigenvalue weighted by atomic mass is 35.5. The van der Waals surface area contributed by atoms with Crippen LogP contribution >= 0.6 is 11.6 Å². The van der Waals surface area contributed by atoms with Gasteiger partial charge in [0.15, 0.2) is 0 Å². The van der Waals surface area contributed by atoms with Gasteiger partial charge in [0, 0.05) is 36.6 Å². The second-order valence-corrected chi connectivity index (χ2v) is 5.36. The largest absolute Gasteiger partial charge is 0.365 e. The summed E-state index contributed by atoms with van der Waals surface area (Å²) in [5, 5.41) is 11.4. The fourth-order valence-corrected chi connectivity index (χ4v) is 2.48. The first-order valence-electron chi connectivity index (χ1n) is 5.81. The molecule has 1 aromatic rings. The molecule has 1 aliphatic heterocycles. The van der Waals surface area contributed by atoms with Crippen molar-refractivity contribution in [2.45, 2.75) is 0 Å². The Labute approximate surface area is 111 Å². The Morgan fingerprint density at radius 1 is 1.50 bits per heavy atom. The van der Waals surface area contributed by atoms with Gasteiger partial charge >= 0.3 is 0 Å². The zero-order valence-electron chi connectivity index (χ0n) is 10.5. The molecule has 0 atom stereocenters. The van der Waals surface area contributed by atoms with Crippen molar-refractivity contribution < 1.29 is 4.92 Å². The number of rotatable bonds is 4. The molecule has 6 heteroatoms. The second-order valence-electron chi connectivity index (χ2n) is 4.92. The van der Waals surface area contributed by atoms with Crippen molar-refractivity contribution in [3.8, 4) is 0 Å². The molecule has 0 N–H and O–H groups in total. The lowest BCUT2D eigenvalue weighted by atomic mass is 9.98. The summed E-state index contributed by atoms with van der Waals surface area (Å²) in [4.78, 5) is 14.8. The molecule has 1 aromatic carbocycles. The molecule has 0 saturated carbocycles. The molecule has 0 aromatic heterocycles. The van der Waals surface area contributed by atoms with Crippen molar-refractivity contribution in [1.29, 1.82) is 0 Å². The summed E-state index contributed by atoms with van der Waals surface area (Å²) in [5.74, 6) is 0.579. The van der Waals surface area contributed by atoms with Crippen LogP contribution in [0.15, 0.2) is 18.2 Å². The van der Waals surface area contributed by atoms with E-state index in [0.29, 0.717) is 16.6 Å². The zero-order chi connectivity index (χ0) is 13.3. The van der Waals surface area contributed by atoms with Gasteiger partial charge in [0.05, 0.1) is 4.92 Å². The SMILES string of the molecule is CN(C)CC1CN(c2ccc(Cl)cc2[N+](=O)[O-])C1. The summed E-state index contributed by atoms with van der Waals surface area (Å²) in [5.41, 5.74) is 0.755. The fourth-order valence-electron chi connectivity index (χ4n) is 2.31. The average molecular weight is 270 g/mol. The topological polar surface area (TPSA) is 49.6 Å². The van der Waals surface area contributed by atoms with E-state index in [1.165, 1.54) is 6.07 Å². The summed E-state index contributed by atoms with van der Waals surface area (Å²) >= 11 is 5.79. The minimum atomic E-state index is -0.375. The van der Waals surface area contributed by atoms with E-state index >= 15 is 0 Å². The van der Waals surface area contributed by atoms with Gasteiger partial charge in [-0.3, -0.25) is 10.1 Å². The van der Waals surface area contributed by atoms with Crippen LogP contribution in [0.4, 0.5) is 11.4 Å². The van der Waals surface area contributed by atoms with Crippen molar-refractivity contribution in [1.82, 2.24) is 4.90 Å². The average Bonchev–Trinajstić information content (AvgIpc) is 2.23. The Hall–Kier alpha value is -1.33. The van der Waals surface area contributed by atoms with Crippen LogP contribution < -0.4 is 4.90 Å². The predicted molar refractivity (Wildman–Crippen MR) is 72.4 cm³/mol. The molecule has 5 nitrogen and oxygen atoms in total. The van der Waals surface area contributed by atoms with E-state index in [2.05, 4.69) is 4.90 Å². The molecule has 1 saturated heterocycles. The maximum absolute atomic E-state index is 11.0. The van der Waals surface area contributed by atoms with E-state index in [-0.39, 0.29) is 10.6 Å². The number of hydrogen-bond donors (Lipinski definition) is 0. The van der Waals surface area contributed by atoms with Gasteiger partial charge in [-0.25, -0.2) is 0 Å². The van der Waals surface area contributed by atoms with Gasteiger partial charge in [-0.05, 0) is 26.2 Å². The van der Waals surface area contributed by atoms with Crippen molar-refractivity contribution >= 4 is 23.0 Å². The van der Waals surface area contributed by atoms with Crippen LogP contribution in [-0.4, -0.2) is 43.6 Å². The van der Waals surface area contributed by atoms with Gasteiger partial charge in [0.25, 0.3) is 5.69 Å². The fraction of sp³-hybridized carbons (Fsp3) is 0.500. The number of nitrogens with zero attached hydrogens (tertiary/aromatic N) is 3. The first kappa shape index (κ1) is 13.1. The summed E-state index contributed by atoms with van der Waals surface area (Å²) in [7, 11) is 4.07. The van der Waals surface area contributed by atoms with Gasteiger partial charge in [0.2, 0.25) is 0 Å². The molecular weight excluding hydrogens is 254 g/mol. The van der Waals surface area contributed by atoms with Gasteiger partial charge in [-0.1, -0.05) is 11.6 Å². The van der Waals surface area contributed by atoms with E-state index < -0.39 is 0 Å². The van der Waals surface area contributed by atoms with Crippen LogP contribution in [0.25, 0.3) is 0 Å². The number of benzene rings is 1. The van der Waals surface area contributed by atoms with Crippen LogP contribution in [0.5, 0.6) is 0 Å². The molecule has 0 aliphatic carbocycles. The van der Waals surface area contributed by atoms with E-state index in [4.69, 9.17) is 11.6 Å². The quantitative estimate of drug-likeness (QED) is 0.621. The maximum atomic E-state index is 11.0. The number of nitro groups is 1. The molecule has 18 heavy (non-hydrogen) atoms. The molecule has 1 aliphatic rings. The lowest BCUT2D eigenvalue weighted by Crippen LogP contribution is -2.50. The Kier molecular flexibility index (Phi) is 3.73. The third kappa shape index (κ3) is 2.73. The van der Waals surface area contributed by atoms with Crippen LogP contribution in [0.3, 0.4) is 0 Å². The minimum absolute atomic E-state index is 0.0887. The summed E-state index contributed by atoms with van der Waals surface area (Å²) in [6.45, 7) is 2.74. The van der Waals surface area contributed by atoms with E-state index in [1.54, 1.807) is 12.1 Å². The van der Waals surface area contributed by atoms with Crippen LogP contribution in [0.2, 0.25) is 5.02 Å². The van der Waals surface area contributed by atoms with E-state index in [9.17, 15) is 10.1 Å². The van der Waals surface area contributed by atoms with Gasteiger partial charge in [-0.15, -0.1) is 0 Å². The van der Waals surface area contributed by atoms with Gasteiger partial charge in [0.1, 0.15) is 5.69 Å². The molecule has 98 valence electrons. The third-order valence-electron chi connectivity index (χ3n) is 3.06. The monoisotopic (exact) mass is 269 g/mol. The van der Waals surface area contributed by atoms with Crippen molar-refractivity contribution in [3.63, 3.8) is 0 Å². The standard InChI is InChI=1S/C12H16ClN3O2/c1-14(2)6-9-7-15(8-9)11-4-3-10(13)5-12(11)16(17)18/h3-5,9H,6-8H2,1-2H3. The summed E-state index contributed by atoms with van der Waals surface area (Å²) in [6, 6.07) is 4.84. The Morgan fingerprint density at radius 3 is 2.72 bits per heavy atom. The van der Waals surface area contributed by atoms with Crippen LogP contribution in [-0.2, 0) is 0 Å². The summed E-state index contributed by atoms with van der Waals surface area (Å²) < 4.78 is 0. The highest BCUT2D eigenvalue weighted by molar-refractivity contribution is 6.30. The highest BCUT2D eigenvalue weighted by Crippen LogP contribution is 2.35. The van der Waals surface area contributed by atoms with Crippen molar-refractivity contribution in [3.05, 3.63) is 33.3 Å². The van der Waals surface area contributed by atoms with Crippen LogP contribution in [0.1, 0.15) is 0 Å². The molecule has 0 radical (unpaired) electrons. The first-order chi connectivity index (χ1) is 8.47. The first-order valence-corrected chi connectivity index (χ1v) is 6.19. The molecule has 0 unspecified atom stereocenters. The van der Waals surface area contributed by atoms with E-state index in [0.717, 1.165) is 19.6 Å². The normalized spacial score (nSPS) is 15.9. The molecule has 0 spiro atoms. The summed E-state index contributed by atoms with van der Waals surface area (Å²) in [6.07, 6.45) is 0. The smallest absolute Gasteiger partial charge is 0.294 e. The molecule has 0 bridgehead atoms. The second kappa shape index (κ2) is 5.12. The Bertz CT molecular complexity index is 459.